The second-order valence-corrected chi connectivity index (χ2v) is 12.7. The van der Waals surface area contributed by atoms with Gasteiger partial charge in [0.1, 0.15) is 34.5 Å². The number of H-pyrrole nitrogens is 1. The largest absolute Gasteiger partial charge is 0.325 e. The Bertz CT molecular complexity index is 2010. The Kier molecular flexibility index (Phi) is 6.80. The molecule has 5 aromatic rings. The number of rotatable bonds is 7. The topological polar surface area (TPSA) is 177 Å². The monoisotopic (exact) mass is 669 g/mol. The Balaban J connectivity index is 1.28. The second-order valence-electron chi connectivity index (χ2n) is 11.9. The molecule has 5 heterocycles. The Hall–Kier alpha value is -4.92. The summed E-state index contributed by atoms with van der Waals surface area (Å²) in [7, 11) is 0. The predicted octanol–water partition coefficient (Wildman–Crippen LogP) is 3.67. The van der Waals surface area contributed by atoms with E-state index in [1.165, 1.54) is 11.6 Å². The lowest BCUT2D eigenvalue weighted by Gasteiger charge is -2.27. The van der Waals surface area contributed by atoms with Crippen LogP contribution in [-0.2, 0) is 16.1 Å². The first-order valence-corrected chi connectivity index (χ1v) is 15.2. The first kappa shape index (κ1) is 28.8. The molecule has 7 rings (SSSR count). The van der Waals surface area contributed by atoms with Crippen molar-refractivity contribution in [2.45, 2.75) is 59.2 Å². The molecule has 0 radical (unpaired) electrons. The molecule has 3 atom stereocenters. The molecule has 1 aliphatic carbocycles. The number of nitrogens with zero attached hydrogens (tertiary/aromatic N) is 9. The van der Waals surface area contributed by atoms with Crippen LogP contribution in [0.2, 0.25) is 0 Å². The number of anilines is 1. The van der Waals surface area contributed by atoms with E-state index in [1.807, 2.05) is 25.1 Å². The maximum atomic E-state index is 14.1. The number of hydrogen-bond acceptors (Lipinski definition) is 10. The van der Waals surface area contributed by atoms with Crippen LogP contribution in [0.15, 0.2) is 41.3 Å². The molecule has 45 heavy (non-hydrogen) atoms. The van der Waals surface area contributed by atoms with Crippen LogP contribution in [0.5, 0.6) is 0 Å². The molecule has 2 fully saturated rings. The Labute approximate surface area is 265 Å². The van der Waals surface area contributed by atoms with Crippen molar-refractivity contribution < 1.29 is 14.4 Å². The van der Waals surface area contributed by atoms with E-state index < -0.39 is 6.04 Å². The molecule has 228 valence electrons. The zero-order valence-electron chi connectivity index (χ0n) is 24.9. The van der Waals surface area contributed by atoms with E-state index in [-0.39, 0.29) is 47.1 Å². The number of carbonyl (C=O) groups is 3. The number of nitrogens with one attached hydrogen (secondary N) is 2. The summed E-state index contributed by atoms with van der Waals surface area (Å²) in [5.41, 5.74) is 3.32. The average Bonchev–Trinajstić information content (AvgIpc) is 3.40. The van der Waals surface area contributed by atoms with Crippen molar-refractivity contribution in [3.05, 3.63) is 58.3 Å². The van der Waals surface area contributed by atoms with E-state index in [2.05, 4.69) is 68.8 Å². The van der Waals surface area contributed by atoms with Crippen molar-refractivity contribution in [3.8, 4) is 22.5 Å². The van der Waals surface area contributed by atoms with Crippen LogP contribution in [0.25, 0.3) is 33.4 Å². The number of Topliss-reactive ketones (excluding diaryl/α,β-unsaturated/α-hetero) is 1. The Morgan fingerprint density at radius 1 is 1.11 bits per heavy atom. The SMILES string of the molecule is CC(=O)c1nn(CC(=O)N2[C@H](C(=O)Nc3nc(Br)ccc3C)C[C@@]3(C)C[C@@H]23)c2c(-c3nn[nH]n3)cc(-c3cnc(C)nc3)cc12. The number of likely N-dealkylation sites (tertiary alicyclic amines) is 1. The molecule has 1 saturated heterocycles. The lowest BCUT2D eigenvalue weighted by molar-refractivity contribution is -0.138. The van der Waals surface area contributed by atoms with Crippen molar-refractivity contribution in [2.75, 3.05) is 5.32 Å². The van der Waals surface area contributed by atoms with Gasteiger partial charge in [0, 0.05) is 41.9 Å². The van der Waals surface area contributed by atoms with E-state index >= 15 is 0 Å². The summed E-state index contributed by atoms with van der Waals surface area (Å²) in [6.07, 6.45) is 4.74. The quantitative estimate of drug-likeness (QED) is 0.192. The number of ketones is 1. The molecule has 1 saturated carbocycles. The molecule has 2 aliphatic rings. The van der Waals surface area contributed by atoms with Crippen LogP contribution in [-0.4, -0.2) is 79.9 Å². The van der Waals surface area contributed by atoms with E-state index in [1.54, 1.807) is 30.3 Å². The number of halogens is 1. The van der Waals surface area contributed by atoms with E-state index in [9.17, 15) is 14.4 Å². The summed E-state index contributed by atoms with van der Waals surface area (Å²) in [5, 5.41) is 22.7. The lowest BCUT2D eigenvalue weighted by atomic mass is 10.00. The van der Waals surface area contributed by atoms with Crippen LogP contribution in [0.4, 0.5) is 5.82 Å². The highest BCUT2D eigenvalue weighted by molar-refractivity contribution is 9.10. The van der Waals surface area contributed by atoms with Crippen molar-refractivity contribution in [3.63, 3.8) is 0 Å². The molecular weight excluding hydrogens is 642 g/mol. The number of piperidine rings is 1. The fourth-order valence-electron chi connectivity index (χ4n) is 6.25. The molecule has 14 nitrogen and oxygen atoms in total. The smallest absolute Gasteiger partial charge is 0.248 e. The number of aryl methyl sites for hydroxylation is 2. The van der Waals surface area contributed by atoms with Crippen LogP contribution in [0.3, 0.4) is 0 Å². The van der Waals surface area contributed by atoms with Crippen LogP contribution in [0.1, 0.15) is 48.6 Å². The molecule has 0 bridgehead atoms. The highest BCUT2D eigenvalue weighted by Gasteiger charge is 2.64. The van der Waals surface area contributed by atoms with Gasteiger partial charge in [0.25, 0.3) is 0 Å². The third-order valence-corrected chi connectivity index (χ3v) is 9.14. The molecule has 4 aromatic heterocycles. The third-order valence-electron chi connectivity index (χ3n) is 8.69. The van der Waals surface area contributed by atoms with Crippen molar-refractivity contribution in [1.29, 1.82) is 0 Å². The highest BCUT2D eigenvalue weighted by atomic mass is 79.9. The fraction of sp³-hybridized carbons (Fsp3) is 0.333. The Morgan fingerprint density at radius 2 is 1.89 bits per heavy atom. The van der Waals surface area contributed by atoms with Gasteiger partial charge in [0.2, 0.25) is 17.6 Å². The third kappa shape index (κ3) is 5.06. The summed E-state index contributed by atoms with van der Waals surface area (Å²) in [6.45, 7) is 6.98. The standard InChI is InChI=1S/C30H28BrN11O3/c1-14-5-6-23(31)34-27(14)35-29(45)21-9-30(4)10-22(30)42(21)24(44)13-41-26-19(25(38-41)15(2)43)7-17(18-11-32-16(3)33-12-18)8-20(26)28-36-39-40-37-28/h5-8,11-12,21-22H,9-10,13H2,1-4H3,(H,34,35,45)(H,36,37,39,40)/t21-,22+,30-/m0/s1. The van der Waals surface area contributed by atoms with Crippen molar-refractivity contribution >= 4 is 50.2 Å². The molecule has 2 amide bonds. The molecule has 1 aromatic carbocycles. The zero-order chi connectivity index (χ0) is 31.6. The molecular formula is C30H28BrN11O3. The molecule has 0 unspecified atom stereocenters. The highest BCUT2D eigenvalue weighted by Crippen LogP contribution is 2.59. The number of benzene rings is 1. The van der Waals surface area contributed by atoms with Gasteiger partial charge in [0.05, 0.1) is 5.52 Å². The van der Waals surface area contributed by atoms with Crippen molar-refractivity contribution in [2.24, 2.45) is 5.41 Å². The van der Waals surface area contributed by atoms with E-state index in [0.29, 0.717) is 39.1 Å². The second kappa shape index (κ2) is 10.6. The van der Waals surface area contributed by atoms with Gasteiger partial charge in [0.15, 0.2) is 5.78 Å². The molecule has 0 spiro atoms. The summed E-state index contributed by atoms with van der Waals surface area (Å²) in [4.78, 5) is 55.3. The van der Waals surface area contributed by atoms with Gasteiger partial charge in [-0.1, -0.05) is 13.0 Å². The van der Waals surface area contributed by atoms with Gasteiger partial charge in [-0.3, -0.25) is 19.1 Å². The average molecular weight is 671 g/mol. The van der Waals surface area contributed by atoms with Gasteiger partial charge in [-0.15, -0.1) is 10.2 Å². The number of aromatic nitrogens is 9. The number of aromatic amines is 1. The number of carbonyl (C=O) groups excluding carboxylic acids is 3. The van der Waals surface area contributed by atoms with Crippen LogP contribution >= 0.6 is 15.9 Å². The van der Waals surface area contributed by atoms with Crippen molar-refractivity contribution in [1.82, 2.24) is 50.3 Å². The minimum Gasteiger partial charge on any atom is -0.325 e. The number of amides is 2. The summed E-state index contributed by atoms with van der Waals surface area (Å²) in [5.74, 6) is 0.484. The minimum absolute atomic E-state index is 0.0729. The maximum absolute atomic E-state index is 14.1. The number of pyridine rings is 1. The first-order valence-electron chi connectivity index (χ1n) is 14.4. The number of hydrogen-bond donors (Lipinski definition) is 2. The van der Waals surface area contributed by atoms with Gasteiger partial charge in [-0.05, 0) is 82.6 Å². The molecule has 15 heteroatoms. The lowest BCUT2D eigenvalue weighted by Crippen LogP contribution is -2.47. The molecule has 2 N–H and O–H groups in total. The van der Waals surface area contributed by atoms with E-state index in [0.717, 1.165) is 23.1 Å². The normalized spacial score (nSPS) is 20.3. The minimum atomic E-state index is -0.680. The van der Waals surface area contributed by atoms with Gasteiger partial charge in [-0.25, -0.2) is 15.0 Å². The van der Waals surface area contributed by atoms with Gasteiger partial charge >= 0.3 is 0 Å². The summed E-state index contributed by atoms with van der Waals surface area (Å²) in [6, 6.07) is 6.57. The number of fused-ring (bicyclic) bond motifs is 2. The Morgan fingerprint density at radius 3 is 2.60 bits per heavy atom. The van der Waals surface area contributed by atoms with Gasteiger partial charge in [-0.2, -0.15) is 10.3 Å². The first-order chi connectivity index (χ1) is 21.5. The fourth-order valence-corrected chi connectivity index (χ4v) is 6.56. The maximum Gasteiger partial charge on any atom is 0.248 e. The number of tetrazole rings is 1. The summed E-state index contributed by atoms with van der Waals surface area (Å²) >= 11 is 3.36. The zero-order valence-corrected chi connectivity index (χ0v) is 26.5. The van der Waals surface area contributed by atoms with Crippen LogP contribution < -0.4 is 5.32 Å². The van der Waals surface area contributed by atoms with E-state index in [4.69, 9.17) is 0 Å². The van der Waals surface area contributed by atoms with Crippen LogP contribution in [0, 0.1) is 19.3 Å². The van der Waals surface area contributed by atoms with Gasteiger partial charge < -0.3 is 10.2 Å². The summed E-state index contributed by atoms with van der Waals surface area (Å²) < 4.78 is 2.10. The molecule has 1 aliphatic heterocycles. The predicted molar refractivity (Wildman–Crippen MR) is 166 cm³/mol.